The van der Waals surface area contributed by atoms with Crippen molar-refractivity contribution in [2.75, 3.05) is 13.2 Å². The van der Waals surface area contributed by atoms with E-state index in [0.717, 1.165) is 27.8 Å². The highest BCUT2D eigenvalue weighted by molar-refractivity contribution is 7.12. The number of Topliss-reactive ketones (excluding diaryl/α,β-unsaturated/α-hetero) is 1. The van der Waals surface area contributed by atoms with E-state index >= 15 is 0 Å². The first-order chi connectivity index (χ1) is 14.0. The molecule has 29 heavy (non-hydrogen) atoms. The predicted octanol–water partition coefficient (Wildman–Crippen LogP) is 4.44. The highest BCUT2D eigenvalue weighted by atomic mass is 32.1. The smallest absolute Gasteiger partial charge is 0.306 e. The van der Waals surface area contributed by atoms with Gasteiger partial charge in [-0.05, 0) is 51.0 Å². The molecule has 0 bridgehead atoms. The number of rotatable bonds is 9. The van der Waals surface area contributed by atoms with Gasteiger partial charge in [-0.3, -0.25) is 14.2 Å². The van der Waals surface area contributed by atoms with Gasteiger partial charge in [0.1, 0.15) is 5.75 Å². The van der Waals surface area contributed by atoms with E-state index in [-0.39, 0.29) is 18.8 Å². The number of thiazole rings is 1. The van der Waals surface area contributed by atoms with Crippen molar-refractivity contribution in [2.45, 2.75) is 33.6 Å². The number of benzene rings is 1. The van der Waals surface area contributed by atoms with Crippen LogP contribution in [-0.4, -0.2) is 34.5 Å². The zero-order valence-electron chi connectivity index (χ0n) is 16.8. The molecule has 0 radical (unpaired) electrons. The molecule has 3 aromatic rings. The van der Waals surface area contributed by atoms with Crippen LogP contribution < -0.4 is 4.74 Å². The Morgan fingerprint density at radius 3 is 2.72 bits per heavy atom. The van der Waals surface area contributed by atoms with E-state index < -0.39 is 5.97 Å². The summed E-state index contributed by atoms with van der Waals surface area (Å²) in [6, 6.07) is 9.56. The van der Waals surface area contributed by atoms with Gasteiger partial charge >= 0.3 is 5.97 Å². The van der Waals surface area contributed by atoms with Crippen molar-refractivity contribution in [3.05, 3.63) is 64.4 Å². The maximum atomic E-state index is 12.5. The topological polar surface area (TPSA) is 70.4 Å². The summed E-state index contributed by atoms with van der Waals surface area (Å²) in [4.78, 5) is 28.8. The maximum absolute atomic E-state index is 12.5. The Kier molecular flexibility index (Phi) is 6.82. The van der Waals surface area contributed by atoms with Gasteiger partial charge in [0.15, 0.2) is 11.7 Å². The van der Waals surface area contributed by atoms with Gasteiger partial charge in [0.2, 0.25) is 5.78 Å². The van der Waals surface area contributed by atoms with E-state index in [9.17, 15) is 9.59 Å². The third-order valence-electron chi connectivity index (χ3n) is 4.49. The maximum Gasteiger partial charge on any atom is 0.306 e. The molecule has 0 saturated carbocycles. The van der Waals surface area contributed by atoms with Crippen LogP contribution in [0.4, 0.5) is 0 Å². The molecular weight excluding hydrogens is 388 g/mol. The number of ketones is 1. The highest BCUT2D eigenvalue weighted by Crippen LogP contribution is 2.22. The molecule has 152 valence electrons. The van der Waals surface area contributed by atoms with E-state index in [2.05, 4.69) is 4.98 Å². The number of aryl methyl sites for hydroxylation is 2. The summed E-state index contributed by atoms with van der Waals surface area (Å²) >= 11 is 1.50. The van der Waals surface area contributed by atoms with Crippen molar-refractivity contribution >= 4 is 23.1 Å². The lowest BCUT2D eigenvalue weighted by Gasteiger charge is -2.08. The number of carbonyl (C=O) groups is 2. The fourth-order valence-corrected chi connectivity index (χ4v) is 3.82. The molecule has 0 fully saturated rings. The van der Waals surface area contributed by atoms with Gasteiger partial charge in [-0.15, -0.1) is 11.3 Å². The zero-order valence-corrected chi connectivity index (χ0v) is 17.6. The zero-order chi connectivity index (χ0) is 20.8. The van der Waals surface area contributed by atoms with Crippen LogP contribution in [0.15, 0.2) is 41.9 Å². The number of nitrogens with zero attached hydrogens (tertiary/aromatic N) is 2. The van der Waals surface area contributed by atoms with Gasteiger partial charge < -0.3 is 9.47 Å². The lowest BCUT2D eigenvalue weighted by Crippen LogP contribution is -2.15. The molecular formula is C22H24N2O4S. The number of esters is 1. The molecule has 0 spiro atoms. The molecule has 0 aliphatic rings. The Bertz CT molecular complexity index is 992. The van der Waals surface area contributed by atoms with Crippen LogP contribution in [0.5, 0.6) is 5.75 Å². The van der Waals surface area contributed by atoms with Crippen LogP contribution >= 0.6 is 11.3 Å². The van der Waals surface area contributed by atoms with Gasteiger partial charge in [-0.25, -0.2) is 4.98 Å². The SMILES string of the molecule is Cc1cccc(OCCCC(=O)OCC(=O)c2cc(C)n(-c3nccs3)c2C)c1. The molecule has 0 aliphatic carbocycles. The van der Waals surface area contributed by atoms with Crippen molar-refractivity contribution in [1.29, 1.82) is 0 Å². The monoisotopic (exact) mass is 412 g/mol. The summed E-state index contributed by atoms with van der Waals surface area (Å²) in [5.41, 5.74) is 3.38. The first kappa shape index (κ1) is 20.8. The van der Waals surface area contributed by atoms with Crippen molar-refractivity contribution in [2.24, 2.45) is 0 Å². The van der Waals surface area contributed by atoms with Crippen LogP contribution in [0.3, 0.4) is 0 Å². The quantitative estimate of drug-likeness (QED) is 0.295. The fourth-order valence-electron chi connectivity index (χ4n) is 3.07. The molecule has 0 atom stereocenters. The summed E-state index contributed by atoms with van der Waals surface area (Å²) in [6.45, 7) is 5.94. The van der Waals surface area contributed by atoms with Crippen LogP contribution in [-0.2, 0) is 9.53 Å². The Balaban J connectivity index is 1.46. The number of hydrogen-bond donors (Lipinski definition) is 0. The van der Waals surface area contributed by atoms with Gasteiger partial charge in [0.05, 0.1) is 6.61 Å². The standard InChI is InChI=1S/C22H24N2O4S/c1-15-6-4-7-18(12-15)27-10-5-8-21(26)28-14-20(25)19-13-16(2)24(17(19)3)22-23-9-11-29-22/h4,6-7,9,11-13H,5,8,10,14H2,1-3H3. The van der Waals surface area contributed by atoms with E-state index in [1.165, 1.54) is 11.3 Å². The Hall–Kier alpha value is -2.93. The van der Waals surface area contributed by atoms with Gasteiger partial charge in [0.25, 0.3) is 0 Å². The minimum Gasteiger partial charge on any atom is -0.494 e. The summed E-state index contributed by atoms with van der Waals surface area (Å²) in [5.74, 6) is 0.161. The van der Waals surface area contributed by atoms with Crippen molar-refractivity contribution < 1.29 is 19.1 Å². The van der Waals surface area contributed by atoms with Crippen LogP contribution in [0.1, 0.15) is 40.2 Å². The van der Waals surface area contributed by atoms with Gasteiger partial charge in [-0.1, -0.05) is 12.1 Å². The molecule has 3 rings (SSSR count). The largest absolute Gasteiger partial charge is 0.494 e. The van der Waals surface area contributed by atoms with E-state index in [1.54, 1.807) is 6.20 Å². The number of ether oxygens (including phenoxy) is 2. The van der Waals surface area contributed by atoms with Crippen molar-refractivity contribution in [1.82, 2.24) is 9.55 Å². The van der Waals surface area contributed by atoms with E-state index in [4.69, 9.17) is 9.47 Å². The summed E-state index contributed by atoms with van der Waals surface area (Å²) < 4.78 is 12.7. The minimum atomic E-state index is -0.403. The van der Waals surface area contributed by atoms with E-state index in [0.29, 0.717) is 18.6 Å². The Morgan fingerprint density at radius 2 is 2.00 bits per heavy atom. The molecule has 1 aromatic carbocycles. The van der Waals surface area contributed by atoms with E-state index in [1.807, 2.05) is 61.1 Å². The first-order valence-electron chi connectivity index (χ1n) is 9.43. The predicted molar refractivity (Wildman–Crippen MR) is 112 cm³/mol. The first-order valence-corrected chi connectivity index (χ1v) is 10.3. The van der Waals surface area contributed by atoms with Crippen LogP contribution in [0.2, 0.25) is 0 Å². The number of aromatic nitrogens is 2. The fraction of sp³-hybridized carbons (Fsp3) is 0.318. The normalized spacial score (nSPS) is 10.7. The second kappa shape index (κ2) is 9.52. The van der Waals surface area contributed by atoms with Crippen molar-refractivity contribution in [3.8, 4) is 10.9 Å². The highest BCUT2D eigenvalue weighted by Gasteiger charge is 2.19. The van der Waals surface area contributed by atoms with Gasteiger partial charge in [0, 0.05) is 34.9 Å². The van der Waals surface area contributed by atoms with Crippen molar-refractivity contribution in [3.63, 3.8) is 0 Å². The second-order valence-electron chi connectivity index (χ2n) is 6.79. The number of carbonyl (C=O) groups excluding carboxylic acids is 2. The molecule has 0 saturated heterocycles. The summed E-state index contributed by atoms with van der Waals surface area (Å²) in [5, 5.41) is 2.70. The van der Waals surface area contributed by atoms with Crippen LogP contribution in [0, 0.1) is 20.8 Å². The molecule has 2 heterocycles. The lowest BCUT2D eigenvalue weighted by atomic mass is 10.1. The molecule has 2 aromatic heterocycles. The molecule has 0 aliphatic heterocycles. The summed E-state index contributed by atoms with van der Waals surface area (Å²) in [6.07, 6.45) is 2.46. The van der Waals surface area contributed by atoms with Crippen LogP contribution in [0.25, 0.3) is 5.13 Å². The third-order valence-corrected chi connectivity index (χ3v) is 5.25. The lowest BCUT2D eigenvalue weighted by molar-refractivity contribution is -0.142. The molecule has 0 N–H and O–H groups in total. The second-order valence-corrected chi connectivity index (χ2v) is 7.66. The minimum absolute atomic E-state index is 0.206. The molecule has 7 heteroatoms. The third kappa shape index (κ3) is 5.32. The average molecular weight is 413 g/mol. The average Bonchev–Trinajstić information content (AvgIpc) is 3.31. The molecule has 0 amide bonds. The van der Waals surface area contributed by atoms with Gasteiger partial charge in [-0.2, -0.15) is 0 Å². The molecule has 6 nitrogen and oxygen atoms in total. The Morgan fingerprint density at radius 1 is 1.17 bits per heavy atom. The Labute approximate surface area is 174 Å². The summed E-state index contributed by atoms with van der Waals surface area (Å²) in [7, 11) is 0. The molecule has 0 unspecified atom stereocenters. The number of hydrogen-bond acceptors (Lipinski definition) is 6.